The van der Waals surface area contributed by atoms with Crippen molar-refractivity contribution in [1.82, 2.24) is 14.5 Å². The molecule has 4 heterocycles. The van der Waals surface area contributed by atoms with E-state index >= 15 is 0 Å². The second kappa shape index (κ2) is 7.43. The van der Waals surface area contributed by atoms with Crippen LogP contribution in [0, 0.1) is 5.92 Å². The van der Waals surface area contributed by atoms with Gasteiger partial charge in [0.2, 0.25) is 5.43 Å². The van der Waals surface area contributed by atoms with Crippen molar-refractivity contribution in [3.05, 3.63) is 75.2 Å². The number of aromatic amines is 2. The number of benzene rings is 1. The molecule has 1 fully saturated rings. The molecule has 4 aromatic rings. The second-order valence-electron chi connectivity index (χ2n) is 8.08. The van der Waals surface area contributed by atoms with Crippen LogP contribution in [0.25, 0.3) is 21.9 Å². The quantitative estimate of drug-likeness (QED) is 0.508. The Morgan fingerprint density at radius 1 is 1.21 bits per heavy atom. The third-order valence-corrected chi connectivity index (χ3v) is 6.76. The maximum absolute atomic E-state index is 12.8. The van der Waals surface area contributed by atoms with Gasteiger partial charge in [-0.1, -0.05) is 37.3 Å². The SMILES string of the molecule is CC1CCN(Cc2ccccc2)CC1n1cc(Br)c(=O)c2c[nH+]c3[nH]ccc3c21. The molecule has 29 heavy (non-hydrogen) atoms. The molecule has 0 radical (unpaired) electrons. The first kappa shape index (κ1) is 18.6. The van der Waals surface area contributed by atoms with Gasteiger partial charge in [-0.15, -0.1) is 0 Å². The molecular weight excluding hydrogens is 428 g/mol. The maximum atomic E-state index is 12.8. The van der Waals surface area contributed by atoms with Crippen molar-refractivity contribution in [3.63, 3.8) is 0 Å². The summed E-state index contributed by atoms with van der Waals surface area (Å²) in [5.74, 6) is 0.526. The van der Waals surface area contributed by atoms with Crippen LogP contribution in [0.2, 0.25) is 0 Å². The van der Waals surface area contributed by atoms with Crippen LogP contribution in [0.4, 0.5) is 0 Å². The molecule has 2 unspecified atom stereocenters. The second-order valence-corrected chi connectivity index (χ2v) is 8.94. The molecule has 0 spiro atoms. The first-order chi connectivity index (χ1) is 14.1. The van der Waals surface area contributed by atoms with Crippen LogP contribution in [0.15, 0.2) is 64.3 Å². The molecular formula is C23H24BrN4O+. The summed E-state index contributed by atoms with van der Waals surface area (Å²) in [6.07, 6.45) is 6.87. The number of nitrogens with one attached hydrogen (secondary N) is 2. The van der Waals surface area contributed by atoms with E-state index in [4.69, 9.17) is 0 Å². The highest BCUT2D eigenvalue weighted by atomic mass is 79.9. The van der Waals surface area contributed by atoms with Crippen LogP contribution in [0.3, 0.4) is 0 Å². The van der Waals surface area contributed by atoms with Crippen LogP contribution in [-0.4, -0.2) is 27.5 Å². The molecule has 1 aliphatic rings. The summed E-state index contributed by atoms with van der Waals surface area (Å²) in [5, 5.41) is 1.78. The lowest BCUT2D eigenvalue weighted by Gasteiger charge is -2.39. The van der Waals surface area contributed by atoms with Crippen LogP contribution < -0.4 is 10.4 Å². The maximum Gasteiger partial charge on any atom is 0.286 e. The van der Waals surface area contributed by atoms with Gasteiger partial charge in [-0.05, 0) is 46.4 Å². The normalized spacial score (nSPS) is 20.5. The molecule has 0 aliphatic carbocycles. The Labute approximate surface area is 177 Å². The molecule has 0 saturated carbocycles. The molecule has 148 valence electrons. The fourth-order valence-corrected chi connectivity index (χ4v) is 5.03. The van der Waals surface area contributed by atoms with Gasteiger partial charge in [0.25, 0.3) is 5.65 Å². The summed E-state index contributed by atoms with van der Waals surface area (Å²) in [7, 11) is 0. The van der Waals surface area contributed by atoms with Crippen LogP contribution in [0.5, 0.6) is 0 Å². The molecule has 1 aromatic carbocycles. The Bertz CT molecular complexity index is 1230. The van der Waals surface area contributed by atoms with Crippen molar-refractivity contribution < 1.29 is 4.98 Å². The highest BCUT2D eigenvalue weighted by molar-refractivity contribution is 9.10. The van der Waals surface area contributed by atoms with Gasteiger partial charge in [0.15, 0.2) is 0 Å². The number of aromatic nitrogens is 3. The number of rotatable bonds is 3. The monoisotopic (exact) mass is 451 g/mol. The Balaban J connectivity index is 1.61. The Morgan fingerprint density at radius 3 is 2.86 bits per heavy atom. The molecule has 2 atom stereocenters. The number of halogens is 1. The number of fused-ring (bicyclic) bond motifs is 3. The van der Waals surface area contributed by atoms with E-state index in [0.29, 0.717) is 16.4 Å². The summed E-state index contributed by atoms with van der Waals surface area (Å²) < 4.78 is 2.94. The van der Waals surface area contributed by atoms with Crippen molar-refractivity contribution in [1.29, 1.82) is 0 Å². The molecule has 1 saturated heterocycles. The predicted molar refractivity (Wildman–Crippen MR) is 119 cm³/mol. The largest absolute Gasteiger partial charge is 0.341 e. The average Bonchev–Trinajstić information content (AvgIpc) is 3.22. The minimum absolute atomic E-state index is 0.0280. The van der Waals surface area contributed by atoms with Gasteiger partial charge in [-0.3, -0.25) is 9.69 Å². The van der Waals surface area contributed by atoms with Gasteiger partial charge in [0, 0.05) is 25.3 Å². The lowest BCUT2D eigenvalue weighted by molar-refractivity contribution is -0.345. The van der Waals surface area contributed by atoms with Gasteiger partial charge in [-0.25, -0.2) is 9.97 Å². The van der Waals surface area contributed by atoms with Crippen molar-refractivity contribution in [2.75, 3.05) is 13.1 Å². The number of likely N-dealkylation sites (tertiary alicyclic amines) is 1. The van der Waals surface area contributed by atoms with Crippen molar-refractivity contribution in [2.24, 2.45) is 5.92 Å². The van der Waals surface area contributed by atoms with E-state index in [1.165, 1.54) is 5.56 Å². The van der Waals surface area contributed by atoms with Gasteiger partial charge in [0.05, 0.1) is 27.0 Å². The van der Waals surface area contributed by atoms with E-state index in [9.17, 15) is 4.79 Å². The van der Waals surface area contributed by atoms with Gasteiger partial charge >= 0.3 is 0 Å². The first-order valence-corrected chi connectivity index (χ1v) is 10.9. The van der Waals surface area contributed by atoms with E-state index in [1.54, 1.807) is 0 Å². The number of pyridine rings is 2. The molecule has 5 nitrogen and oxygen atoms in total. The fourth-order valence-electron chi connectivity index (χ4n) is 4.59. The minimum atomic E-state index is 0.0280. The Kier molecular flexibility index (Phi) is 4.76. The average molecular weight is 452 g/mol. The summed E-state index contributed by atoms with van der Waals surface area (Å²) >= 11 is 3.51. The Hall–Kier alpha value is -2.44. The highest BCUT2D eigenvalue weighted by Gasteiger charge is 2.29. The molecule has 1 aliphatic heterocycles. The van der Waals surface area contributed by atoms with Gasteiger partial charge in [-0.2, -0.15) is 0 Å². The standard InChI is InChI=1S/C23H23BrN4O/c1-15-8-10-27(12-16-5-3-2-4-6-16)14-20(15)28-13-19(24)22(29)18-11-26-23-17(21(18)28)7-9-25-23/h2-7,9,11,13,15,20H,8,10,12,14H2,1H3,(H,25,26)/p+1. The summed E-state index contributed by atoms with van der Waals surface area (Å²) in [6.45, 7) is 5.34. The molecule has 3 aromatic heterocycles. The molecule has 2 N–H and O–H groups in total. The zero-order valence-corrected chi connectivity index (χ0v) is 17.9. The number of H-pyrrole nitrogens is 2. The number of piperidine rings is 1. The van der Waals surface area contributed by atoms with E-state index in [1.807, 2.05) is 24.7 Å². The number of hydrogen-bond acceptors (Lipinski definition) is 2. The molecule has 5 rings (SSSR count). The number of hydrogen-bond donors (Lipinski definition) is 1. The van der Waals surface area contributed by atoms with Crippen LogP contribution in [-0.2, 0) is 6.54 Å². The summed E-state index contributed by atoms with van der Waals surface area (Å²) in [5.41, 5.74) is 3.32. The lowest BCUT2D eigenvalue weighted by atomic mass is 9.92. The van der Waals surface area contributed by atoms with Crippen LogP contribution >= 0.6 is 15.9 Å². The zero-order valence-electron chi connectivity index (χ0n) is 16.4. The zero-order chi connectivity index (χ0) is 20.0. The highest BCUT2D eigenvalue weighted by Crippen LogP contribution is 2.33. The lowest BCUT2D eigenvalue weighted by Crippen LogP contribution is -2.40. The van der Waals surface area contributed by atoms with E-state index in [-0.39, 0.29) is 5.43 Å². The minimum Gasteiger partial charge on any atom is -0.341 e. The molecule has 0 amide bonds. The van der Waals surface area contributed by atoms with E-state index in [2.05, 4.69) is 72.6 Å². The summed E-state index contributed by atoms with van der Waals surface area (Å²) in [4.78, 5) is 21.8. The van der Waals surface area contributed by atoms with Crippen molar-refractivity contribution in [3.8, 4) is 0 Å². The fraction of sp³-hybridized carbons (Fsp3) is 0.304. The molecule has 6 heteroatoms. The van der Waals surface area contributed by atoms with E-state index in [0.717, 1.165) is 48.0 Å². The van der Waals surface area contributed by atoms with Gasteiger partial charge in [0.1, 0.15) is 6.20 Å². The third-order valence-electron chi connectivity index (χ3n) is 6.20. The molecule has 0 bridgehead atoms. The Morgan fingerprint density at radius 2 is 2.03 bits per heavy atom. The third kappa shape index (κ3) is 3.30. The predicted octanol–water partition coefficient (Wildman–Crippen LogP) is 4.14. The van der Waals surface area contributed by atoms with Crippen molar-refractivity contribution in [2.45, 2.75) is 25.9 Å². The first-order valence-electron chi connectivity index (χ1n) is 10.1. The van der Waals surface area contributed by atoms with Crippen LogP contribution in [0.1, 0.15) is 24.9 Å². The summed E-state index contributed by atoms with van der Waals surface area (Å²) in [6, 6.07) is 13.0. The topological polar surface area (TPSA) is 55.2 Å². The smallest absolute Gasteiger partial charge is 0.286 e. The number of nitrogens with zero attached hydrogens (tertiary/aromatic N) is 2. The van der Waals surface area contributed by atoms with Gasteiger partial charge < -0.3 is 4.57 Å². The van der Waals surface area contributed by atoms with Crippen molar-refractivity contribution >= 4 is 37.9 Å². The van der Waals surface area contributed by atoms with E-state index < -0.39 is 0 Å².